The number of carbonyl (C=O) groups is 1. The van der Waals surface area contributed by atoms with Crippen molar-refractivity contribution in [3.8, 4) is 5.75 Å². The minimum atomic E-state index is -0.451. The average molecular weight is 286 g/mol. The van der Waals surface area contributed by atoms with E-state index in [2.05, 4.69) is 10.3 Å². The highest BCUT2D eigenvalue weighted by Gasteiger charge is 2.13. The maximum absolute atomic E-state index is 13.2. The number of nitrogens with one attached hydrogen (secondary N) is 1. The van der Waals surface area contributed by atoms with Crippen LogP contribution in [0.15, 0.2) is 30.3 Å². The standard InChI is InChI=1S/C16H15FN2O2/c1-10(20)14-8-12(17)3-5-15(14)21-9-13-4-2-11-6-7-18-16(11)19-13/h2-5,8H,6-7,9H2,1H3,(H,18,19). The third-order valence-electron chi connectivity index (χ3n) is 3.42. The van der Waals surface area contributed by atoms with E-state index in [1.807, 2.05) is 12.1 Å². The Labute approximate surface area is 122 Å². The highest BCUT2D eigenvalue weighted by Crippen LogP contribution is 2.23. The topological polar surface area (TPSA) is 51.2 Å². The summed E-state index contributed by atoms with van der Waals surface area (Å²) in [4.78, 5) is 16.0. The molecule has 3 rings (SSSR count). The molecule has 5 heteroatoms. The van der Waals surface area contributed by atoms with E-state index in [0.717, 1.165) is 24.5 Å². The van der Waals surface area contributed by atoms with Crippen LogP contribution in [0.3, 0.4) is 0 Å². The third-order valence-corrected chi connectivity index (χ3v) is 3.42. The Morgan fingerprint density at radius 2 is 2.24 bits per heavy atom. The van der Waals surface area contributed by atoms with Crippen LogP contribution >= 0.6 is 0 Å². The van der Waals surface area contributed by atoms with Crippen LogP contribution in [0.1, 0.15) is 28.5 Å². The fourth-order valence-corrected chi connectivity index (χ4v) is 2.33. The number of ketones is 1. The van der Waals surface area contributed by atoms with Crippen LogP contribution in [0.5, 0.6) is 5.75 Å². The van der Waals surface area contributed by atoms with Gasteiger partial charge in [-0.3, -0.25) is 4.79 Å². The molecule has 108 valence electrons. The molecule has 0 saturated carbocycles. The van der Waals surface area contributed by atoms with E-state index in [0.29, 0.717) is 5.75 Å². The molecule has 4 nitrogen and oxygen atoms in total. The maximum atomic E-state index is 13.2. The first kappa shape index (κ1) is 13.5. The highest BCUT2D eigenvalue weighted by atomic mass is 19.1. The number of rotatable bonds is 4. The molecule has 1 N–H and O–H groups in total. The monoisotopic (exact) mass is 286 g/mol. The fourth-order valence-electron chi connectivity index (χ4n) is 2.33. The second kappa shape index (κ2) is 5.52. The Balaban J connectivity index is 1.77. The number of pyridine rings is 1. The smallest absolute Gasteiger partial charge is 0.163 e. The average Bonchev–Trinajstić information content (AvgIpc) is 2.93. The summed E-state index contributed by atoms with van der Waals surface area (Å²) in [6.45, 7) is 2.53. The van der Waals surface area contributed by atoms with Crippen molar-refractivity contribution < 1.29 is 13.9 Å². The molecular formula is C16H15FN2O2. The Hall–Kier alpha value is -2.43. The summed E-state index contributed by atoms with van der Waals surface area (Å²) in [5.74, 6) is 0.585. The van der Waals surface area contributed by atoms with E-state index in [1.165, 1.54) is 30.7 Å². The summed E-state index contributed by atoms with van der Waals surface area (Å²) in [6, 6.07) is 7.87. The van der Waals surface area contributed by atoms with Gasteiger partial charge in [0.2, 0.25) is 0 Å². The van der Waals surface area contributed by atoms with Crippen molar-refractivity contribution in [1.29, 1.82) is 0 Å². The molecule has 1 aromatic heterocycles. The van der Waals surface area contributed by atoms with E-state index >= 15 is 0 Å². The first-order chi connectivity index (χ1) is 10.1. The first-order valence-electron chi connectivity index (χ1n) is 6.79. The van der Waals surface area contributed by atoms with E-state index in [-0.39, 0.29) is 18.0 Å². The number of hydrogen-bond acceptors (Lipinski definition) is 4. The largest absolute Gasteiger partial charge is 0.487 e. The van der Waals surface area contributed by atoms with Crippen molar-refractivity contribution in [2.75, 3.05) is 11.9 Å². The summed E-state index contributed by atoms with van der Waals surface area (Å²) in [7, 11) is 0. The number of Topliss-reactive ketones (excluding diaryl/α,β-unsaturated/α-hetero) is 1. The van der Waals surface area contributed by atoms with Gasteiger partial charge in [-0.05, 0) is 43.2 Å². The number of fused-ring (bicyclic) bond motifs is 1. The van der Waals surface area contributed by atoms with Crippen LogP contribution in [0, 0.1) is 5.82 Å². The van der Waals surface area contributed by atoms with E-state index in [9.17, 15) is 9.18 Å². The molecule has 0 bridgehead atoms. The van der Waals surface area contributed by atoms with Gasteiger partial charge in [0.15, 0.2) is 5.78 Å². The lowest BCUT2D eigenvalue weighted by Crippen LogP contribution is -2.04. The van der Waals surface area contributed by atoms with Crippen LogP contribution in [-0.4, -0.2) is 17.3 Å². The molecule has 0 fully saturated rings. The van der Waals surface area contributed by atoms with Crippen molar-refractivity contribution in [2.24, 2.45) is 0 Å². The number of anilines is 1. The van der Waals surface area contributed by atoms with Crippen molar-refractivity contribution in [3.05, 3.63) is 53.0 Å². The van der Waals surface area contributed by atoms with E-state index < -0.39 is 5.82 Å². The van der Waals surface area contributed by atoms with Crippen LogP contribution in [0.25, 0.3) is 0 Å². The lowest BCUT2D eigenvalue weighted by atomic mass is 10.1. The van der Waals surface area contributed by atoms with Crippen molar-refractivity contribution >= 4 is 11.6 Å². The summed E-state index contributed by atoms with van der Waals surface area (Å²) in [5.41, 5.74) is 2.21. The second-order valence-corrected chi connectivity index (χ2v) is 4.97. The zero-order chi connectivity index (χ0) is 14.8. The number of hydrogen-bond donors (Lipinski definition) is 1. The Morgan fingerprint density at radius 3 is 3.05 bits per heavy atom. The zero-order valence-corrected chi connectivity index (χ0v) is 11.6. The van der Waals surface area contributed by atoms with Gasteiger partial charge in [-0.2, -0.15) is 0 Å². The lowest BCUT2D eigenvalue weighted by Gasteiger charge is -2.10. The van der Waals surface area contributed by atoms with Crippen molar-refractivity contribution in [2.45, 2.75) is 20.0 Å². The first-order valence-corrected chi connectivity index (χ1v) is 6.79. The molecule has 0 radical (unpaired) electrons. The molecule has 0 amide bonds. The van der Waals surface area contributed by atoms with Crippen LogP contribution < -0.4 is 10.1 Å². The minimum absolute atomic E-state index is 0.229. The van der Waals surface area contributed by atoms with Gasteiger partial charge in [-0.15, -0.1) is 0 Å². The fraction of sp³-hybridized carbons (Fsp3) is 0.250. The van der Waals surface area contributed by atoms with Crippen LogP contribution in [0.4, 0.5) is 10.2 Å². The molecule has 0 spiro atoms. The van der Waals surface area contributed by atoms with Gasteiger partial charge in [-0.1, -0.05) is 6.07 Å². The molecule has 0 unspecified atom stereocenters. The highest BCUT2D eigenvalue weighted by molar-refractivity contribution is 5.96. The minimum Gasteiger partial charge on any atom is -0.487 e. The molecule has 0 saturated heterocycles. The Bertz CT molecular complexity index is 701. The summed E-state index contributed by atoms with van der Waals surface area (Å²) >= 11 is 0. The van der Waals surface area contributed by atoms with Gasteiger partial charge in [0, 0.05) is 6.54 Å². The molecule has 2 heterocycles. The molecule has 21 heavy (non-hydrogen) atoms. The molecule has 1 aliphatic heterocycles. The summed E-state index contributed by atoms with van der Waals surface area (Å²) in [6.07, 6.45) is 0.982. The summed E-state index contributed by atoms with van der Waals surface area (Å²) < 4.78 is 18.8. The van der Waals surface area contributed by atoms with Gasteiger partial charge >= 0.3 is 0 Å². The van der Waals surface area contributed by atoms with Crippen molar-refractivity contribution in [1.82, 2.24) is 4.98 Å². The molecule has 0 aliphatic carbocycles. The Kier molecular flexibility index (Phi) is 3.56. The van der Waals surface area contributed by atoms with Gasteiger partial charge < -0.3 is 10.1 Å². The summed E-state index contributed by atoms with van der Waals surface area (Å²) in [5, 5.41) is 3.21. The predicted octanol–water partition coefficient (Wildman–Crippen LogP) is 2.97. The molecule has 0 atom stereocenters. The number of benzene rings is 1. The number of aromatic nitrogens is 1. The third kappa shape index (κ3) is 2.86. The number of nitrogens with zero attached hydrogens (tertiary/aromatic N) is 1. The molecular weight excluding hydrogens is 271 g/mol. The van der Waals surface area contributed by atoms with Crippen LogP contribution in [-0.2, 0) is 13.0 Å². The normalized spacial score (nSPS) is 12.7. The van der Waals surface area contributed by atoms with Gasteiger partial charge in [0.25, 0.3) is 0 Å². The number of carbonyl (C=O) groups excluding carboxylic acids is 1. The zero-order valence-electron chi connectivity index (χ0n) is 11.6. The maximum Gasteiger partial charge on any atom is 0.163 e. The van der Waals surface area contributed by atoms with E-state index in [4.69, 9.17) is 4.74 Å². The van der Waals surface area contributed by atoms with Gasteiger partial charge in [0.05, 0.1) is 11.3 Å². The van der Waals surface area contributed by atoms with Crippen molar-refractivity contribution in [3.63, 3.8) is 0 Å². The van der Waals surface area contributed by atoms with Gasteiger partial charge in [-0.25, -0.2) is 9.37 Å². The van der Waals surface area contributed by atoms with E-state index in [1.54, 1.807) is 0 Å². The van der Waals surface area contributed by atoms with Gasteiger partial charge in [0.1, 0.15) is 24.0 Å². The Morgan fingerprint density at radius 1 is 1.38 bits per heavy atom. The van der Waals surface area contributed by atoms with Crippen LogP contribution in [0.2, 0.25) is 0 Å². The predicted molar refractivity (Wildman–Crippen MR) is 77.2 cm³/mol. The number of ether oxygens (including phenoxy) is 1. The number of halogens is 1. The SMILES string of the molecule is CC(=O)c1cc(F)ccc1OCc1ccc2c(n1)NCC2. The quantitative estimate of drug-likeness (QED) is 0.878. The molecule has 1 aromatic carbocycles. The molecule has 1 aliphatic rings. The molecule has 2 aromatic rings. The second-order valence-electron chi connectivity index (χ2n) is 4.97. The lowest BCUT2D eigenvalue weighted by molar-refractivity contribution is 0.101.